The first kappa shape index (κ1) is 18.9. The first-order chi connectivity index (χ1) is 12.1. The summed E-state index contributed by atoms with van der Waals surface area (Å²) in [6.07, 6.45) is 7.35. The molecule has 7 nitrogen and oxygen atoms in total. The maximum absolute atomic E-state index is 11.8. The van der Waals surface area contributed by atoms with Crippen LogP contribution in [0.25, 0.3) is 0 Å². The smallest absolute Gasteiger partial charge is 0.214 e. The van der Waals surface area contributed by atoms with Crippen LogP contribution in [0.3, 0.4) is 0 Å². The Morgan fingerprint density at radius 3 is 2.64 bits per heavy atom. The molecular weight excluding hydrogens is 338 g/mol. The maximum atomic E-state index is 11.8. The molecule has 0 aromatic rings. The first-order valence-electron chi connectivity index (χ1n) is 9.85. The van der Waals surface area contributed by atoms with Crippen LogP contribution in [0.5, 0.6) is 0 Å². The molecule has 2 N–H and O–H groups in total. The lowest BCUT2D eigenvalue weighted by Crippen LogP contribution is -2.45. The van der Waals surface area contributed by atoms with Crippen molar-refractivity contribution in [1.82, 2.24) is 19.8 Å². The van der Waals surface area contributed by atoms with Gasteiger partial charge in [0.1, 0.15) is 0 Å². The molecule has 2 heterocycles. The van der Waals surface area contributed by atoms with E-state index < -0.39 is 10.0 Å². The largest absolute Gasteiger partial charge is 0.357 e. The average molecular weight is 372 g/mol. The zero-order chi connectivity index (χ0) is 17.7. The second-order valence-electron chi connectivity index (χ2n) is 7.39. The van der Waals surface area contributed by atoms with Crippen LogP contribution >= 0.6 is 0 Å². The van der Waals surface area contributed by atoms with Gasteiger partial charge < -0.3 is 10.6 Å². The van der Waals surface area contributed by atoms with Crippen molar-refractivity contribution in [1.29, 1.82) is 0 Å². The van der Waals surface area contributed by atoms with E-state index in [1.165, 1.54) is 32.2 Å². The van der Waals surface area contributed by atoms with Gasteiger partial charge in [-0.25, -0.2) is 12.7 Å². The molecular formula is C17H33N5O2S. The van der Waals surface area contributed by atoms with E-state index in [-0.39, 0.29) is 5.75 Å². The van der Waals surface area contributed by atoms with Crippen LogP contribution in [0, 0.1) is 0 Å². The van der Waals surface area contributed by atoms with E-state index in [1.54, 1.807) is 4.31 Å². The van der Waals surface area contributed by atoms with E-state index in [0.29, 0.717) is 25.7 Å². The van der Waals surface area contributed by atoms with Gasteiger partial charge in [-0.15, -0.1) is 0 Å². The highest BCUT2D eigenvalue weighted by Crippen LogP contribution is 2.26. The normalized spacial score (nSPS) is 28.7. The Balaban J connectivity index is 1.47. The number of likely N-dealkylation sites (tertiary alicyclic amines) is 1. The lowest BCUT2D eigenvalue weighted by molar-refractivity contribution is 0.242. The Morgan fingerprint density at radius 1 is 1.16 bits per heavy atom. The predicted molar refractivity (Wildman–Crippen MR) is 101 cm³/mol. The molecule has 0 bridgehead atoms. The summed E-state index contributed by atoms with van der Waals surface area (Å²) < 4.78 is 25.3. The van der Waals surface area contributed by atoms with Gasteiger partial charge in [-0.1, -0.05) is 12.8 Å². The number of hydrogen-bond acceptors (Lipinski definition) is 4. The summed E-state index contributed by atoms with van der Waals surface area (Å²) in [5.74, 6) is 1.10. The molecule has 8 heteroatoms. The molecule has 2 saturated heterocycles. The Morgan fingerprint density at radius 2 is 1.96 bits per heavy atom. The summed E-state index contributed by atoms with van der Waals surface area (Å²) in [7, 11) is -3.02. The monoisotopic (exact) mass is 371 g/mol. The summed E-state index contributed by atoms with van der Waals surface area (Å²) in [4.78, 5) is 7.23. The van der Waals surface area contributed by atoms with Crippen molar-refractivity contribution in [3.05, 3.63) is 0 Å². The molecule has 1 atom stereocenters. The molecule has 1 saturated carbocycles. The molecule has 0 radical (unpaired) electrons. The molecule has 1 aliphatic carbocycles. The minimum Gasteiger partial charge on any atom is -0.357 e. The van der Waals surface area contributed by atoms with Crippen LogP contribution in [0.1, 0.15) is 45.4 Å². The molecule has 1 unspecified atom stereocenters. The standard InChI is InChI=1S/C17H33N5O2S/c1-2-18-17(19-9-12-22-10-5-13-25(22,23)24)20-15-8-11-21(14-15)16-6-3-4-7-16/h15-16H,2-14H2,1H3,(H2,18,19,20). The van der Waals surface area contributed by atoms with E-state index in [4.69, 9.17) is 0 Å². The van der Waals surface area contributed by atoms with Crippen LogP contribution < -0.4 is 10.6 Å². The van der Waals surface area contributed by atoms with Gasteiger partial charge in [0.05, 0.1) is 12.3 Å². The Bertz CT molecular complexity index is 559. The molecule has 3 rings (SSSR count). The number of rotatable bonds is 6. The summed E-state index contributed by atoms with van der Waals surface area (Å²) in [6, 6.07) is 1.22. The minimum atomic E-state index is -3.02. The molecule has 0 aromatic heterocycles. The van der Waals surface area contributed by atoms with Crippen molar-refractivity contribution in [3.8, 4) is 0 Å². The van der Waals surface area contributed by atoms with Crippen LogP contribution in [-0.2, 0) is 10.0 Å². The van der Waals surface area contributed by atoms with E-state index in [0.717, 1.165) is 37.9 Å². The van der Waals surface area contributed by atoms with Gasteiger partial charge >= 0.3 is 0 Å². The fraction of sp³-hybridized carbons (Fsp3) is 0.941. The van der Waals surface area contributed by atoms with Gasteiger partial charge in [0, 0.05) is 44.8 Å². The fourth-order valence-electron chi connectivity index (χ4n) is 4.24. The van der Waals surface area contributed by atoms with Crippen molar-refractivity contribution < 1.29 is 8.42 Å². The fourth-order valence-corrected chi connectivity index (χ4v) is 5.75. The summed E-state index contributed by atoms with van der Waals surface area (Å²) in [6.45, 7) is 6.77. The molecule has 2 aliphatic heterocycles. The van der Waals surface area contributed by atoms with Crippen LogP contribution in [0.15, 0.2) is 4.99 Å². The van der Waals surface area contributed by atoms with E-state index in [9.17, 15) is 8.42 Å². The van der Waals surface area contributed by atoms with Crippen LogP contribution in [0.2, 0.25) is 0 Å². The number of sulfonamides is 1. The van der Waals surface area contributed by atoms with E-state index >= 15 is 0 Å². The predicted octanol–water partition coefficient (Wildman–Crippen LogP) is 0.594. The zero-order valence-corrected chi connectivity index (χ0v) is 16.2. The van der Waals surface area contributed by atoms with Gasteiger partial charge in [0.25, 0.3) is 0 Å². The Labute approximate surface area is 152 Å². The summed E-state index contributed by atoms with van der Waals surface area (Å²) in [5, 5.41) is 6.84. The van der Waals surface area contributed by atoms with Crippen molar-refractivity contribution in [2.24, 2.45) is 4.99 Å². The number of hydrogen-bond donors (Lipinski definition) is 2. The third-order valence-corrected chi connectivity index (χ3v) is 7.52. The third-order valence-electron chi connectivity index (χ3n) is 5.57. The number of guanidine groups is 1. The molecule has 0 amide bonds. The van der Waals surface area contributed by atoms with Crippen molar-refractivity contribution in [3.63, 3.8) is 0 Å². The quantitative estimate of drug-likeness (QED) is 0.528. The molecule has 144 valence electrons. The SMILES string of the molecule is CCNC(=NCCN1CCCS1(=O)=O)NC1CCN(C2CCCC2)C1. The average Bonchev–Trinajstić information content (AvgIpc) is 3.29. The number of nitrogens with zero attached hydrogens (tertiary/aromatic N) is 3. The first-order valence-corrected chi connectivity index (χ1v) is 11.5. The maximum Gasteiger partial charge on any atom is 0.214 e. The van der Waals surface area contributed by atoms with Crippen molar-refractivity contribution in [2.45, 2.75) is 57.5 Å². The highest BCUT2D eigenvalue weighted by molar-refractivity contribution is 7.89. The molecule has 25 heavy (non-hydrogen) atoms. The second kappa shape index (κ2) is 8.68. The summed E-state index contributed by atoms with van der Waals surface area (Å²) in [5.41, 5.74) is 0. The van der Waals surface area contributed by atoms with Crippen molar-refractivity contribution >= 4 is 16.0 Å². The molecule has 3 aliphatic rings. The highest BCUT2D eigenvalue weighted by atomic mass is 32.2. The summed E-state index contributed by atoms with van der Waals surface area (Å²) >= 11 is 0. The third kappa shape index (κ3) is 5.08. The molecule has 0 spiro atoms. The van der Waals surface area contributed by atoms with Gasteiger partial charge in [-0.2, -0.15) is 0 Å². The van der Waals surface area contributed by atoms with Crippen molar-refractivity contribution in [2.75, 3.05) is 45.0 Å². The van der Waals surface area contributed by atoms with E-state index in [2.05, 4.69) is 27.4 Å². The van der Waals surface area contributed by atoms with Gasteiger partial charge in [-0.3, -0.25) is 9.89 Å². The lowest BCUT2D eigenvalue weighted by atomic mass is 10.2. The Hall–Kier alpha value is -0.860. The number of nitrogens with one attached hydrogen (secondary N) is 2. The second-order valence-corrected chi connectivity index (χ2v) is 9.48. The zero-order valence-electron chi connectivity index (χ0n) is 15.4. The van der Waals surface area contributed by atoms with Crippen LogP contribution in [-0.4, -0.2) is 80.7 Å². The topological polar surface area (TPSA) is 77.0 Å². The number of aliphatic imine (C=N–C) groups is 1. The highest BCUT2D eigenvalue weighted by Gasteiger charge is 2.30. The van der Waals surface area contributed by atoms with Crippen LogP contribution in [0.4, 0.5) is 0 Å². The van der Waals surface area contributed by atoms with Gasteiger partial charge in [0.15, 0.2) is 5.96 Å². The Kier molecular flexibility index (Phi) is 6.57. The van der Waals surface area contributed by atoms with E-state index in [1.807, 2.05) is 0 Å². The van der Waals surface area contributed by atoms with Gasteiger partial charge in [0.2, 0.25) is 10.0 Å². The minimum absolute atomic E-state index is 0.286. The van der Waals surface area contributed by atoms with Gasteiger partial charge in [-0.05, 0) is 32.6 Å². The lowest BCUT2D eigenvalue weighted by Gasteiger charge is -2.24. The molecule has 0 aromatic carbocycles. The molecule has 3 fully saturated rings.